The van der Waals surface area contributed by atoms with Gasteiger partial charge in [0.1, 0.15) is 23.2 Å². The zero-order valence-electron chi connectivity index (χ0n) is 23.4. The lowest BCUT2D eigenvalue weighted by Gasteiger charge is -2.32. The first-order chi connectivity index (χ1) is 20.7. The quantitative estimate of drug-likeness (QED) is 0.432. The van der Waals surface area contributed by atoms with Crippen molar-refractivity contribution in [2.45, 2.75) is 50.6 Å². The maximum absolute atomic E-state index is 12.9. The van der Waals surface area contributed by atoms with Gasteiger partial charge in [-0.1, -0.05) is 12.1 Å². The fourth-order valence-electron chi connectivity index (χ4n) is 5.25. The summed E-state index contributed by atoms with van der Waals surface area (Å²) in [7, 11) is 0. The summed E-state index contributed by atoms with van der Waals surface area (Å²) in [6.07, 6.45) is 0.629. The van der Waals surface area contributed by atoms with E-state index in [0.29, 0.717) is 37.2 Å². The molecular formula is C31H31F3N6O3. The third-order valence-corrected chi connectivity index (χ3v) is 7.73. The number of hydrogen-bond acceptors (Lipinski definition) is 7. The number of carbonyl (C=O) groups is 2. The normalized spacial score (nSPS) is 16.8. The van der Waals surface area contributed by atoms with Gasteiger partial charge in [-0.05, 0) is 54.8 Å². The Labute approximate surface area is 247 Å². The van der Waals surface area contributed by atoms with E-state index in [0.717, 1.165) is 50.2 Å². The summed E-state index contributed by atoms with van der Waals surface area (Å²) in [6.45, 7) is 3.25. The molecule has 43 heavy (non-hydrogen) atoms. The van der Waals surface area contributed by atoms with Crippen LogP contribution in [0.5, 0.6) is 5.75 Å². The van der Waals surface area contributed by atoms with E-state index in [4.69, 9.17) is 10.00 Å². The number of amides is 2. The molecule has 12 heteroatoms. The number of benzene rings is 2. The van der Waals surface area contributed by atoms with Crippen molar-refractivity contribution in [3.05, 3.63) is 89.0 Å². The van der Waals surface area contributed by atoms with Crippen molar-refractivity contribution in [2.24, 2.45) is 0 Å². The predicted molar refractivity (Wildman–Crippen MR) is 150 cm³/mol. The van der Waals surface area contributed by atoms with E-state index < -0.39 is 11.7 Å². The molecule has 2 saturated heterocycles. The molecule has 2 aliphatic rings. The number of nitriles is 1. The zero-order valence-corrected chi connectivity index (χ0v) is 23.4. The number of aromatic nitrogens is 2. The second-order valence-electron chi connectivity index (χ2n) is 10.8. The topological polar surface area (TPSA) is 111 Å². The molecule has 0 atom stereocenters. The lowest BCUT2D eigenvalue weighted by molar-refractivity contribution is -0.137. The van der Waals surface area contributed by atoms with Crippen molar-refractivity contribution in [2.75, 3.05) is 26.2 Å². The average molecular weight is 593 g/mol. The molecule has 5 rings (SSSR count). The fraction of sp³-hybridized carbons (Fsp3) is 0.387. The highest BCUT2D eigenvalue weighted by Crippen LogP contribution is 2.31. The molecule has 0 radical (unpaired) electrons. The summed E-state index contributed by atoms with van der Waals surface area (Å²) in [6, 6.07) is 14.3. The molecule has 0 spiro atoms. The van der Waals surface area contributed by atoms with Crippen LogP contribution in [0.25, 0.3) is 0 Å². The number of ether oxygens (including phenoxy) is 1. The van der Waals surface area contributed by atoms with E-state index in [9.17, 15) is 22.8 Å². The first-order valence-electron chi connectivity index (χ1n) is 14.2. The third kappa shape index (κ3) is 7.87. The summed E-state index contributed by atoms with van der Waals surface area (Å²) in [5.74, 6) is -0.286. The van der Waals surface area contributed by atoms with Crippen LogP contribution >= 0.6 is 0 Å². The van der Waals surface area contributed by atoms with Gasteiger partial charge in [-0.2, -0.15) is 18.4 Å². The molecule has 0 unspecified atom stereocenters. The van der Waals surface area contributed by atoms with Crippen LogP contribution in [0, 0.1) is 11.3 Å². The molecule has 224 valence electrons. The highest BCUT2D eigenvalue weighted by molar-refractivity contribution is 5.94. The van der Waals surface area contributed by atoms with E-state index in [2.05, 4.69) is 26.3 Å². The van der Waals surface area contributed by atoms with Crippen LogP contribution in [0.2, 0.25) is 0 Å². The number of halogens is 3. The second-order valence-corrected chi connectivity index (χ2v) is 10.8. The Kier molecular flexibility index (Phi) is 9.21. The lowest BCUT2D eigenvalue weighted by Crippen LogP contribution is -2.44. The first kappa shape index (κ1) is 30.0. The molecule has 2 aromatic carbocycles. The van der Waals surface area contributed by atoms with Gasteiger partial charge in [0.15, 0.2) is 0 Å². The number of nitrogens with one attached hydrogen (secondary N) is 1. The van der Waals surface area contributed by atoms with Gasteiger partial charge in [0.05, 0.1) is 29.6 Å². The maximum atomic E-state index is 12.9. The molecule has 1 aromatic heterocycles. The Morgan fingerprint density at radius 2 is 1.53 bits per heavy atom. The number of hydrogen-bond donors (Lipinski definition) is 1. The van der Waals surface area contributed by atoms with E-state index in [1.807, 2.05) is 24.3 Å². The average Bonchev–Trinajstić information content (AvgIpc) is 3.02. The number of piperidine rings is 2. The monoisotopic (exact) mass is 592 g/mol. The van der Waals surface area contributed by atoms with Crippen LogP contribution < -0.4 is 10.1 Å². The highest BCUT2D eigenvalue weighted by atomic mass is 19.4. The molecule has 9 nitrogen and oxygen atoms in total. The van der Waals surface area contributed by atoms with E-state index in [1.165, 1.54) is 24.5 Å². The van der Waals surface area contributed by atoms with Gasteiger partial charge in [-0.15, -0.1) is 0 Å². The van der Waals surface area contributed by atoms with Crippen LogP contribution in [-0.4, -0.2) is 69.9 Å². The smallest absolute Gasteiger partial charge is 0.416 e. The number of likely N-dealkylation sites (tertiary alicyclic amines) is 2. The van der Waals surface area contributed by atoms with Gasteiger partial charge in [0, 0.05) is 51.6 Å². The molecule has 0 saturated carbocycles. The van der Waals surface area contributed by atoms with Gasteiger partial charge in [-0.3, -0.25) is 14.5 Å². The largest absolute Gasteiger partial charge is 0.490 e. The summed E-state index contributed by atoms with van der Waals surface area (Å²) in [5, 5.41) is 12.0. The fourth-order valence-corrected chi connectivity index (χ4v) is 5.25. The minimum Gasteiger partial charge on any atom is -0.490 e. The van der Waals surface area contributed by atoms with Gasteiger partial charge in [0.2, 0.25) is 0 Å². The van der Waals surface area contributed by atoms with E-state index >= 15 is 0 Å². The second kappa shape index (κ2) is 13.2. The zero-order chi connectivity index (χ0) is 30.4. The van der Waals surface area contributed by atoms with Crippen LogP contribution in [0.3, 0.4) is 0 Å². The number of nitrogens with zero attached hydrogens (tertiary/aromatic N) is 5. The molecule has 3 aromatic rings. The van der Waals surface area contributed by atoms with Crippen molar-refractivity contribution in [3.8, 4) is 11.8 Å². The highest BCUT2D eigenvalue weighted by Gasteiger charge is 2.31. The van der Waals surface area contributed by atoms with Crippen LogP contribution in [0.1, 0.15) is 63.4 Å². The minimum absolute atomic E-state index is 0.0129. The van der Waals surface area contributed by atoms with Crippen molar-refractivity contribution in [3.63, 3.8) is 0 Å². The summed E-state index contributed by atoms with van der Waals surface area (Å²) in [4.78, 5) is 38.0. The number of alkyl halides is 3. The van der Waals surface area contributed by atoms with E-state index in [1.54, 1.807) is 4.90 Å². The predicted octanol–water partition coefficient (Wildman–Crippen LogP) is 4.45. The van der Waals surface area contributed by atoms with Gasteiger partial charge < -0.3 is 15.0 Å². The van der Waals surface area contributed by atoms with Crippen LogP contribution in [0.4, 0.5) is 13.2 Å². The van der Waals surface area contributed by atoms with Crippen molar-refractivity contribution >= 4 is 11.8 Å². The van der Waals surface area contributed by atoms with Gasteiger partial charge in [-0.25, -0.2) is 9.97 Å². The Morgan fingerprint density at radius 3 is 2.12 bits per heavy atom. The van der Waals surface area contributed by atoms with Gasteiger partial charge >= 0.3 is 6.18 Å². The molecule has 3 heterocycles. The first-order valence-corrected chi connectivity index (χ1v) is 14.2. The Hall–Kier alpha value is -4.50. The summed E-state index contributed by atoms with van der Waals surface area (Å²) < 4.78 is 44.1. The number of carbonyl (C=O) groups excluding carboxylic acids is 2. The molecule has 0 aliphatic carbocycles. The molecule has 0 bridgehead atoms. The Morgan fingerprint density at radius 1 is 0.907 bits per heavy atom. The molecule has 2 aliphatic heterocycles. The standard InChI is InChI=1S/C31H31F3N6O3/c32-31(33,34)23-5-7-25(8-6-23)43-26-11-15-40(16-12-26)30(42)28-19-36-27(18-37-28)29(41)38-24-9-13-39(14-10-24)20-22-3-1-21(17-35)2-4-22/h1-8,18-19,24,26H,9-16,20H2,(H,38,41). The van der Waals surface area contributed by atoms with Crippen LogP contribution in [-0.2, 0) is 12.7 Å². The van der Waals surface area contributed by atoms with Gasteiger partial charge in [0.25, 0.3) is 11.8 Å². The Bertz CT molecular complexity index is 1440. The molecule has 2 fully saturated rings. The maximum Gasteiger partial charge on any atom is 0.416 e. The third-order valence-electron chi connectivity index (χ3n) is 7.73. The molecule has 1 N–H and O–H groups in total. The SMILES string of the molecule is N#Cc1ccc(CN2CCC(NC(=O)c3cnc(C(=O)N4CCC(Oc5ccc(C(F)(F)F)cc5)CC4)cn3)CC2)cc1. The van der Waals surface area contributed by atoms with Crippen molar-refractivity contribution in [1.82, 2.24) is 25.1 Å². The van der Waals surface area contributed by atoms with E-state index in [-0.39, 0.29) is 35.3 Å². The van der Waals surface area contributed by atoms with Crippen molar-refractivity contribution in [1.29, 1.82) is 5.26 Å². The summed E-state index contributed by atoms with van der Waals surface area (Å²) >= 11 is 0. The van der Waals surface area contributed by atoms with Crippen molar-refractivity contribution < 1.29 is 27.5 Å². The molecule has 2 amide bonds. The Balaban J connectivity index is 1.04. The minimum atomic E-state index is -4.40. The summed E-state index contributed by atoms with van der Waals surface area (Å²) in [5.41, 5.74) is 1.32. The lowest BCUT2D eigenvalue weighted by atomic mass is 10.0. The van der Waals surface area contributed by atoms with Crippen LogP contribution in [0.15, 0.2) is 60.9 Å². The molecular weight excluding hydrogens is 561 g/mol. The number of rotatable bonds is 7.